The zero-order chi connectivity index (χ0) is 14.7. The molecule has 2 aromatic rings. The van der Waals surface area contributed by atoms with Gasteiger partial charge in [-0.05, 0) is 40.2 Å². The second-order valence-corrected chi connectivity index (χ2v) is 5.76. The molecule has 0 spiro atoms. The lowest BCUT2D eigenvalue weighted by molar-refractivity contribution is 0.303. The number of hydrogen-bond acceptors (Lipinski definition) is 3. The highest BCUT2D eigenvalue weighted by Gasteiger charge is 2.10. The first-order valence-electron chi connectivity index (χ1n) is 5.71. The number of ether oxygens (including phenoxy) is 2. The van der Waals surface area contributed by atoms with Crippen molar-refractivity contribution in [3.05, 3.63) is 50.7 Å². The largest absolute Gasteiger partial charge is 0.497 e. The number of rotatable bonds is 4. The molecule has 3 nitrogen and oxygen atoms in total. The Morgan fingerprint density at radius 1 is 1.15 bits per heavy atom. The average Bonchev–Trinajstić information content (AvgIpc) is 2.39. The van der Waals surface area contributed by atoms with Gasteiger partial charge in [0.2, 0.25) is 0 Å². The quantitative estimate of drug-likeness (QED) is 0.762. The van der Waals surface area contributed by atoms with Crippen molar-refractivity contribution in [2.24, 2.45) is 0 Å². The van der Waals surface area contributed by atoms with Crippen molar-refractivity contribution >= 4 is 37.5 Å². The Bertz CT molecular complexity index is 612. The smallest absolute Gasteiger partial charge is 0.157 e. The summed E-state index contributed by atoms with van der Waals surface area (Å²) in [6, 6.07) is 8.11. The molecular weight excluding hydrogens is 393 g/mol. The first kappa shape index (κ1) is 15.1. The molecule has 0 saturated heterocycles. The van der Waals surface area contributed by atoms with Gasteiger partial charge in [-0.15, -0.1) is 0 Å². The van der Waals surface area contributed by atoms with Crippen molar-refractivity contribution in [1.82, 2.24) is 0 Å². The molecule has 2 rings (SSSR count). The van der Waals surface area contributed by atoms with E-state index in [9.17, 15) is 4.39 Å². The predicted octanol–water partition coefficient (Wildman–Crippen LogP) is 4.52. The van der Waals surface area contributed by atoms with Crippen LogP contribution in [0.15, 0.2) is 39.3 Å². The van der Waals surface area contributed by atoms with E-state index >= 15 is 0 Å². The molecular formula is C14H12Br2FNO2. The van der Waals surface area contributed by atoms with E-state index in [1.807, 2.05) is 18.2 Å². The van der Waals surface area contributed by atoms with Gasteiger partial charge in [0.15, 0.2) is 5.75 Å². The van der Waals surface area contributed by atoms with E-state index in [4.69, 9.17) is 15.2 Å². The molecule has 2 aromatic carbocycles. The summed E-state index contributed by atoms with van der Waals surface area (Å²) in [6.45, 7) is 0.284. The van der Waals surface area contributed by atoms with Crippen LogP contribution in [0.2, 0.25) is 0 Å². The summed E-state index contributed by atoms with van der Waals surface area (Å²) in [4.78, 5) is 0. The van der Waals surface area contributed by atoms with Gasteiger partial charge in [-0.1, -0.05) is 15.9 Å². The van der Waals surface area contributed by atoms with Gasteiger partial charge < -0.3 is 15.2 Å². The Kier molecular flexibility index (Phi) is 4.88. The third-order valence-electron chi connectivity index (χ3n) is 2.66. The van der Waals surface area contributed by atoms with Gasteiger partial charge in [-0.3, -0.25) is 0 Å². The van der Waals surface area contributed by atoms with Crippen LogP contribution in [0.1, 0.15) is 5.56 Å². The highest BCUT2D eigenvalue weighted by atomic mass is 79.9. The number of methoxy groups -OCH3 is 1. The van der Waals surface area contributed by atoms with Gasteiger partial charge in [-0.2, -0.15) is 0 Å². The van der Waals surface area contributed by atoms with E-state index in [2.05, 4.69) is 31.9 Å². The molecule has 0 atom stereocenters. The van der Waals surface area contributed by atoms with Crippen LogP contribution < -0.4 is 15.2 Å². The van der Waals surface area contributed by atoms with Crippen LogP contribution in [0.4, 0.5) is 10.1 Å². The topological polar surface area (TPSA) is 44.5 Å². The summed E-state index contributed by atoms with van der Waals surface area (Å²) in [5, 5.41) is 0. The minimum Gasteiger partial charge on any atom is -0.497 e. The van der Waals surface area contributed by atoms with Crippen LogP contribution in [0, 0.1) is 5.82 Å². The lowest BCUT2D eigenvalue weighted by atomic mass is 10.2. The van der Waals surface area contributed by atoms with E-state index < -0.39 is 5.82 Å². The molecule has 0 heterocycles. The maximum Gasteiger partial charge on any atom is 0.157 e. The Balaban J connectivity index is 2.21. The molecule has 6 heteroatoms. The Hall–Kier alpha value is -1.27. The van der Waals surface area contributed by atoms with Gasteiger partial charge in [0.25, 0.3) is 0 Å². The SMILES string of the molecule is COc1ccc(Br)c(COc2c(N)cc(F)cc2Br)c1. The van der Waals surface area contributed by atoms with Gasteiger partial charge in [0.1, 0.15) is 18.2 Å². The van der Waals surface area contributed by atoms with Crippen molar-refractivity contribution in [3.63, 3.8) is 0 Å². The van der Waals surface area contributed by atoms with E-state index in [1.165, 1.54) is 12.1 Å². The lowest BCUT2D eigenvalue weighted by Crippen LogP contribution is -2.01. The predicted molar refractivity (Wildman–Crippen MR) is 83.5 cm³/mol. The Labute approximate surface area is 133 Å². The van der Waals surface area contributed by atoms with Gasteiger partial charge in [-0.25, -0.2) is 4.39 Å². The van der Waals surface area contributed by atoms with E-state index in [0.29, 0.717) is 10.2 Å². The Morgan fingerprint density at radius 2 is 1.90 bits per heavy atom. The summed E-state index contributed by atoms with van der Waals surface area (Å²) < 4.78 is 25.4. The number of halogens is 3. The number of nitrogen functional groups attached to an aromatic ring is 1. The molecule has 20 heavy (non-hydrogen) atoms. The average molecular weight is 405 g/mol. The molecule has 0 radical (unpaired) electrons. The zero-order valence-electron chi connectivity index (χ0n) is 10.6. The lowest BCUT2D eigenvalue weighted by Gasteiger charge is -2.13. The summed E-state index contributed by atoms with van der Waals surface area (Å²) in [6.07, 6.45) is 0. The van der Waals surface area contributed by atoms with Crippen molar-refractivity contribution in [2.75, 3.05) is 12.8 Å². The summed E-state index contributed by atoms with van der Waals surface area (Å²) in [7, 11) is 1.60. The molecule has 0 fully saturated rings. The zero-order valence-corrected chi connectivity index (χ0v) is 13.8. The molecule has 0 aliphatic heterocycles. The fraction of sp³-hybridized carbons (Fsp3) is 0.143. The number of anilines is 1. The molecule has 2 N–H and O–H groups in total. The molecule has 106 valence electrons. The minimum absolute atomic E-state index is 0.246. The molecule has 0 aliphatic carbocycles. The van der Waals surface area contributed by atoms with E-state index in [-0.39, 0.29) is 12.3 Å². The van der Waals surface area contributed by atoms with Crippen molar-refractivity contribution < 1.29 is 13.9 Å². The summed E-state index contributed by atoms with van der Waals surface area (Å²) >= 11 is 6.68. The normalized spacial score (nSPS) is 10.4. The van der Waals surface area contributed by atoms with Gasteiger partial charge >= 0.3 is 0 Å². The Morgan fingerprint density at radius 3 is 2.55 bits per heavy atom. The molecule has 0 aliphatic rings. The second-order valence-electron chi connectivity index (χ2n) is 4.05. The highest BCUT2D eigenvalue weighted by Crippen LogP contribution is 2.33. The third-order valence-corrected chi connectivity index (χ3v) is 4.02. The van der Waals surface area contributed by atoms with Gasteiger partial charge in [0.05, 0.1) is 17.3 Å². The fourth-order valence-corrected chi connectivity index (χ4v) is 2.59. The van der Waals surface area contributed by atoms with E-state index in [0.717, 1.165) is 15.8 Å². The maximum absolute atomic E-state index is 13.1. The number of benzene rings is 2. The monoisotopic (exact) mass is 403 g/mol. The molecule has 0 saturated carbocycles. The highest BCUT2D eigenvalue weighted by molar-refractivity contribution is 9.10. The minimum atomic E-state index is -0.413. The summed E-state index contributed by atoms with van der Waals surface area (Å²) in [5.41, 5.74) is 6.90. The van der Waals surface area contributed by atoms with E-state index in [1.54, 1.807) is 7.11 Å². The van der Waals surface area contributed by atoms with Crippen LogP contribution >= 0.6 is 31.9 Å². The van der Waals surface area contributed by atoms with Crippen molar-refractivity contribution in [3.8, 4) is 11.5 Å². The molecule has 0 unspecified atom stereocenters. The third kappa shape index (κ3) is 3.43. The molecule has 0 bridgehead atoms. The first-order chi connectivity index (χ1) is 9.51. The first-order valence-corrected chi connectivity index (χ1v) is 7.29. The standard InChI is InChI=1S/C14H12Br2FNO2/c1-19-10-2-3-11(15)8(4-10)7-20-14-12(16)5-9(17)6-13(14)18/h2-6H,7,18H2,1H3. The van der Waals surface area contributed by atoms with Gasteiger partial charge in [0, 0.05) is 16.1 Å². The second kappa shape index (κ2) is 6.45. The van der Waals surface area contributed by atoms with Crippen LogP contribution in [-0.4, -0.2) is 7.11 Å². The number of hydrogen-bond donors (Lipinski definition) is 1. The van der Waals surface area contributed by atoms with Crippen LogP contribution in [0.25, 0.3) is 0 Å². The number of nitrogens with two attached hydrogens (primary N) is 1. The van der Waals surface area contributed by atoms with Crippen LogP contribution in [-0.2, 0) is 6.61 Å². The molecule has 0 amide bonds. The van der Waals surface area contributed by atoms with Crippen LogP contribution in [0.5, 0.6) is 11.5 Å². The fourth-order valence-electron chi connectivity index (χ4n) is 1.67. The maximum atomic E-state index is 13.1. The molecule has 0 aromatic heterocycles. The van der Waals surface area contributed by atoms with Crippen molar-refractivity contribution in [2.45, 2.75) is 6.61 Å². The van der Waals surface area contributed by atoms with Crippen molar-refractivity contribution in [1.29, 1.82) is 0 Å². The van der Waals surface area contributed by atoms with Crippen LogP contribution in [0.3, 0.4) is 0 Å². The summed E-state index contributed by atoms with van der Waals surface area (Å²) in [5.74, 6) is 0.739.